The predicted octanol–water partition coefficient (Wildman–Crippen LogP) is 4.01. The molecule has 1 N–H and O–H groups in total. The maximum absolute atomic E-state index is 13.2. The first-order valence-electron chi connectivity index (χ1n) is 10.4. The van der Waals surface area contributed by atoms with Gasteiger partial charge in [-0.1, -0.05) is 18.2 Å². The second-order valence-corrected chi connectivity index (χ2v) is 9.04. The number of hydrogen-bond donors (Lipinski definition) is 1. The monoisotopic (exact) mass is 424 g/mol. The number of carbonyl (C=O) groups excluding carboxylic acids is 2. The van der Waals surface area contributed by atoms with Crippen molar-refractivity contribution in [1.82, 2.24) is 4.90 Å². The van der Waals surface area contributed by atoms with E-state index in [9.17, 15) is 9.59 Å². The zero-order valence-corrected chi connectivity index (χ0v) is 17.5. The largest absolute Gasteiger partial charge is 0.490 e. The van der Waals surface area contributed by atoms with Crippen molar-refractivity contribution in [3.8, 4) is 11.5 Å². The number of rotatable bonds is 3. The zero-order chi connectivity index (χ0) is 20.5. The van der Waals surface area contributed by atoms with Gasteiger partial charge >= 0.3 is 0 Å². The lowest BCUT2D eigenvalue weighted by Crippen LogP contribution is -2.37. The summed E-state index contributed by atoms with van der Waals surface area (Å²) in [6.07, 6.45) is 2.93. The molecular weight excluding hydrogens is 400 g/mol. The molecule has 0 radical (unpaired) electrons. The van der Waals surface area contributed by atoms with E-state index in [1.165, 1.54) is 11.8 Å². The maximum Gasteiger partial charge on any atom is 0.238 e. The lowest BCUT2D eigenvalue weighted by molar-refractivity contribution is -0.133. The van der Waals surface area contributed by atoms with E-state index in [-0.39, 0.29) is 24.3 Å². The number of nitrogens with one attached hydrogen (secondary N) is 1. The third-order valence-corrected chi connectivity index (χ3v) is 7.07. The quantitative estimate of drug-likeness (QED) is 0.806. The smallest absolute Gasteiger partial charge is 0.238 e. The van der Waals surface area contributed by atoms with Gasteiger partial charge < -0.3 is 19.7 Å². The number of nitrogens with zero attached hydrogens (tertiary/aromatic N) is 1. The van der Waals surface area contributed by atoms with Gasteiger partial charge in [0.1, 0.15) is 0 Å². The van der Waals surface area contributed by atoms with Crippen molar-refractivity contribution in [2.45, 2.75) is 41.9 Å². The third kappa shape index (κ3) is 3.74. The summed E-state index contributed by atoms with van der Waals surface area (Å²) in [4.78, 5) is 28.6. The van der Waals surface area contributed by atoms with Gasteiger partial charge in [-0.15, -0.1) is 11.8 Å². The van der Waals surface area contributed by atoms with Crippen LogP contribution in [-0.2, 0) is 9.59 Å². The normalized spacial score (nSPS) is 22.8. The molecule has 6 nitrogen and oxygen atoms in total. The summed E-state index contributed by atoms with van der Waals surface area (Å²) in [5.74, 6) is 1.44. The highest BCUT2D eigenvalue weighted by atomic mass is 32.2. The minimum atomic E-state index is -0.405. The van der Waals surface area contributed by atoms with Crippen LogP contribution in [0.1, 0.15) is 37.3 Å². The lowest BCUT2D eigenvalue weighted by Gasteiger charge is -2.29. The Hall–Kier alpha value is -2.67. The van der Waals surface area contributed by atoms with Crippen molar-refractivity contribution in [1.29, 1.82) is 0 Å². The van der Waals surface area contributed by atoms with Gasteiger partial charge in [-0.25, -0.2) is 0 Å². The SMILES string of the molecule is O=C1Nc2ccccc2S[C@@H]1CC(=O)N1CCC[C@@H]1c1ccc2c(c1)OCCCO2. The van der Waals surface area contributed by atoms with E-state index in [4.69, 9.17) is 9.47 Å². The minimum Gasteiger partial charge on any atom is -0.490 e. The zero-order valence-electron chi connectivity index (χ0n) is 16.6. The van der Waals surface area contributed by atoms with Gasteiger partial charge in [-0.2, -0.15) is 0 Å². The minimum absolute atomic E-state index is 0.0126. The second kappa shape index (κ2) is 8.22. The molecular formula is C23H24N2O4S. The Balaban J connectivity index is 1.31. The molecule has 0 spiro atoms. The van der Waals surface area contributed by atoms with E-state index >= 15 is 0 Å². The number of benzene rings is 2. The fourth-order valence-corrected chi connectivity index (χ4v) is 5.40. The molecule has 0 aromatic heterocycles. The molecule has 3 aliphatic heterocycles. The molecule has 30 heavy (non-hydrogen) atoms. The molecule has 156 valence electrons. The summed E-state index contributed by atoms with van der Waals surface area (Å²) < 4.78 is 11.6. The first-order chi connectivity index (χ1) is 14.7. The molecule has 3 heterocycles. The Morgan fingerprint density at radius 3 is 2.83 bits per heavy atom. The van der Waals surface area contributed by atoms with Crippen molar-refractivity contribution in [2.75, 3.05) is 25.1 Å². The molecule has 1 fully saturated rings. The predicted molar refractivity (Wildman–Crippen MR) is 115 cm³/mol. The van der Waals surface area contributed by atoms with Crippen molar-refractivity contribution in [2.24, 2.45) is 0 Å². The van der Waals surface area contributed by atoms with Crippen LogP contribution in [0.25, 0.3) is 0 Å². The second-order valence-electron chi connectivity index (χ2n) is 7.80. The number of anilines is 1. The van der Waals surface area contributed by atoms with Crippen LogP contribution >= 0.6 is 11.8 Å². The van der Waals surface area contributed by atoms with Crippen molar-refractivity contribution >= 4 is 29.3 Å². The fourth-order valence-electron chi connectivity index (χ4n) is 4.30. The van der Waals surface area contributed by atoms with E-state index in [2.05, 4.69) is 5.32 Å². The summed E-state index contributed by atoms with van der Waals surface area (Å²) in [5.41, 5.74) is 1.89. The average Bonchev–Trinajstić information content (AvgIpc) is 3.13. The molecule has 2 amide bonds. The number of amides is 2. The number of fused-ring (bicyclic) bond motifs is 2. The van der Waals surface area contributed by atoms with Crippen molar-refractivity contribution < 1.29 is 19.1 Å². The molecule has 2 aromatic rings. The van der Waals surface area contributed by atoms with Crippen LogP contribution in [-0.4, -0.2) is 41.7 Å². The van der Waals surface area contributed by atoms with Crippen molar-refractivity contribution in [3.63, 3.8) is 0 Å². The van der Waals surface area contributed by atoms with Crippen LogP contribution in [0.2, 0.25) is 0 Å². The summed E-state index contributed by atoms with van der Waals surface area (Å²) in [7, 11) is 0. The Labute approximate surface area is 179 Å². The van der Waals surface area contributed by atoms with Gasteiger partial charge in [0.15, 0.2) is 11.5 Å². The first kappa shape index (κ1) is 19.3. The number of carbonyl (C=O) groups is 2. The van der Waals surface area contributed by atoms with Crippen LogP contribution in [0.15, 0.2) is 47.4 Å². The van der Waals surface area contributed by atoms with Crippen LogP contribution < -0.4 is 14.8 Å². The Bertz CT molecular complexity index is 979. The van der Waals surface area contributed by atoms with Crippen LogP contribution in [0.3, 0.4) is 0 Å². The molecule has 0 unspecified atom stereocenters. The molecule has 1 saturated heterocycles. The number of ether oxygens (including phenoxy) is 2. The first-order valence-corrected chi connectivity index (χ1v) is 11.3. The van der Waals surface area contributed by atoms with Gasteiger partial charge in [-0.05, 0) is 42.7 Å². The number of hydrogen-bond acceptors (Lipinski definition) is 5. The highest BCUT2D eigenvalue weighted by Gasteiger charge is 2.35. The molecule has 5 rings (SSSR count). The Kier molecular flexibility index (Phi) is 5.29. The number of para-hydroxylation sites is 1. The summed E-state index contributed by atoms with van der Waals surface area (Å²) >= 11 is 1.47. The Morgan fingerprint density at radius 2 is 1.93 bits per heavy atom. The highest BCUT2D eigenvalue weighted by Crippen LogP contribution is 2.40. The fraction of sp³-hybridized carbons (Fsp3) is 0.391. The number of thioether (sulfide) groups is 1. The third-order valence-electron chi connectivity index (χ3n) is 5.80. The molecule has 0 aliphatic carbocycles. The van der Waals surface area contributed by atoms with Gasteiger partial charge in [0.25, 0.3) is 0 Å². The van der Waals surface area contributed by atoms with Gasteiger partial charge in [0.2, 0.25) is 11.8 Å². The maximum atomic E-state index is 13.2. The van der Waals surface area contributed by atoms with Gasteiger partial charge in [-0.3, -0.25) is 9.59 Å². The number of likely N-dealkylation sites (tertiary alicyclic amines) is 1. The lowest BCUT2D eigenvalue weighted by atomic mass is 10.0. The standard InChI is InChI=1S/C23H24N2O4S/c26-22(14-21-23(27)24-16-5-1-2-7-20(16)30-21)25-10-3-6-17(25)15-8-9-18-19(13-15)29-12-4-11-28-18/h1-2,5,7-9,13,17,21H,3-4,6,10-12,14H2,(H,24,27)/t17-,21-/m1/s1. The van der Waals surface area contributed by atoms with E-state index in [0.29, 0.717) is 19.8 Å². The summed E-state index contributed by atoms with van der Waals surface area (Å²) in [5, 5.41) is 2.52. The molecule has 0 saturated carbocycles. The molecule has 7 heteroatoms. The van der Waals surface area contributed by atoms with E-state index in [1.54, 1.807) is 0 Å². The van der Waals surface area contributed by atoms with Gasteiger partial charge in [0.05, 0.1) is 30.2 Å². The van der Waals surface area contributed by atoms with Crippen LogP contribution in [0, 0.1) is 0 Å². The molecule has 2 aromatic carbocycles. The summed E-state index contributed by atoms with van der Waals surface area (Å²) in [6, 6.07) is 13.7. The summed E-state index contributed by atoms with van der Waals surface area (Å²) in [6.45, 7) is 2.01. The van der Waals surface area contributed by atoms with E-state index < -0.39 is 5.25 Å². The highest BCUT2D eigenvalue weighted by molar-refractivity contribution is 8.01. The van der Waals surface area contributed by atoms with Gasteiger partial charge in [0, 0.05) is 24.3 Å². The molecule has 2 atom stereocenters. The average molecular weight is 425 g/mol. The molecule has 3 aliphatic rings. The van der Waals surface area contributed by atoms with Crippen molar-refractivity contribution in [3.05, 3.63) is 48.0 Å². The van der Waals surface area contributed by atoms with E-state index in [0.717, 1.165) is 46.9 Å². The topological polar surface area (TPSA) is 67.9 Å². The molecule has 0 bridgehead atoms. The Morgan fingerprint density at radius 1 is 1.10 bits per heavy atom. The van der Waals surface area contributed by atoms with E-state index in [1.807, 2.05) is 47.4 Å². The van der Waals surface area contributed by atoms with Crippen LogP contribution in [0.4, 0.5) is 5.69 Å². The van der Waals surface area contributed by atoms with Crippen LogP contribution in [0.5, 0.6) is 11.5 Å².